The molecule has 0 aliphatic heterocycles. The molecule has 0 aliphatic carbocycles. The van der Waals surface area contributed by atoms with Gasteiger partial charge in [-0.3, -0.25) is 4.18 Å². The Hall–Kier alpha value is -0.910. The summed E-state index contributed by atoms with van der Waals surface area (Å²) >= 11 is -2.49. The second-order valence-electron chi connectivity index (χ2n) is 2.61. The molecular weight excluding hydrogens is 190 g/mol. The minimum atomic E-state index is -2.49. The van der Waals surface area contributed by atoms with Crippen LogP contribution in [0.25, 0.3) is 0 Å². The Morgan fingerprint density at radius 3 is 2.85 bits per heavy atom. The topological polar surface area (TPSA) is 75.4 Å². The largest absolute Gasteiger partial charge is 0.750 e. The average Bonchev–Trinajstić information content (AvgIpc) is 2.03. The van der Waals surface area contributed by atoms with Gasteiger partial charge in [-0.15, -0.1) is 0 Å². The van der Waals surface area contributed by atoms with E-state index >= 15 is 0 Å². The van der Waals surface area contributed by atoms with Crippen molar-refractivity contribution in [3.05, 3.63) is 29.8 Å². The number of nitrogens with two attached hydrogens (primary N) is 1. The Morgan fingerprint density at radius 1 is 1.62 bits per heavy atom. The van der Waals surface area contributed by atoms with Crippen molar-refractivity contribution < 1.29 is 12.9 Å². The molecule has 0 aromatic heterocycles. The summed E-state index contributed by atoms with van der Waals surface area (Å²) in [5, 5.41) is 0. The first-order chi connectivity index (χ1) is 6.09. The van der Waals surface area contributed by atoms with Crippen LogP contribution in [0.4, 0.5) is 5.69 Å². The predicted octanol–water partition coefficient (Wildman–Crippen LogP) is 1.14. The van der Waals surface area contributed by atoms with Crippen LogP contribution in [0.3, 0.4) is 0 Å². The Bertz CT molecular complexity index is 316. The van der Waals surface area contributed by atoms with Gasteiger partial charge in [0.2, 0.25) is 0 Å². The summed E-state index contributed by atoms with van der Waals surface area (Å²) in [6.07, 6.45) is -0.498. The summed E-state index contributed by atoms with van der Waals surface area (Å²) < 4.78 is 25.0. The molecule has 0 saturated carbocycles. The molecule has 0 radical (unpaired) electrons. The molecule has 0 heterocycles. The molecule has 72 valence electrons. The molecule has 1 aromatic rings. The maximum absolute atomic E-state index is 10.2. The summed E-state index contributed by atoms with van der Waals surface area (Å²) in [7, 11) is 0. The molecule has 1 aromatic carbocycles. The van der Waals surface area contributed by atoms with Crippen molar-refractivity contribution in [2.45, 2.75) is 13.0 Å². The second kappa shape index (κ2) is 4.36. The monoisotopic (exact) mass is 200 g/mol. The second-order valence-corrected chi connectivity index (χ2v) is 3.21. The van der Waals surface area contributed by atoms with Crippen molar-refractivity contribution in [2.24, 2.45) is 0 Å². The van der Waals surface area contributed by atoms with Crippen LogP contribution >= 0.6 is 0 Å². The lowest BCUT2D eigenvalue weighted by Gasteiger charge is -2.14. The minimum Gasteiger partial charge on any atom is -0.750 e. The van der Waals surface area contributed by atoms with Crippen molar-refractivity contribution >= 4 is 17.0 Å². The van der Waals surface area contributed by atoms with Crippen LogP contribution in [-0.4, -0.2) is 8.76 Å². The zero-order valence-corrected chi connectivity index (χ0v) is 7.91. The zero-order chi connectivity index (χ0) is 9.84. The average molecular weight is 200 g/mol. The fourth-order valence-corrected chi connectivity index (χ4v) is 1.33. The summed E-state index contributed by atoms with van der Waals surface area (Å²) in [5.74, 6) is 0. The van der Waals surface area contributed by atoms with E-state index in [0.717, 1.165) is 5.56 Å². The van der Waals surface area contributed by atoms with Gasteiger partial charge >= 0.3 is 0 Å². The van der Waals surface area contributed by atoms with Crippen LogP contribution in [0.15, 0.2) is 24.3 Å². The first-order valence-corrected chi connectivity index (χ1v) is 4.71. The van der Waals surface area contributed by atoms with Crippen LogP contribution in [0.5, 0.6) is 0 Å². The van der Waals surface area contributed by atoms with Crippen molar-refractivity contribution in [1.29, 1.82) is 0 Å². The van der Waals surface area contributed by atoms with Gasteiger partial charge in [-0.25, -0.2) is 4.21 Å². The van der Waals surface area contributed by atoms with E-state index in [1.807, 2.05) is 0 Å². The van der Waals surface area contributed by atoms with Crippen LogP contribution in [0, 0.1) is 0 Å². The van der Waals surface area contributed by atoms with E-state index in [2.05, 4.69) is 4.18 Å². The lowest BCUT2D eigenvalue weighted by Crippen LogP contribution is -2.02. The first kappa shape index (κ1) is 10.2. The number of nitrogen functional groups attached to an aromatic ring is 1. The molecule has 0 amide bonds. The quantitative estimate of drug-likeness (QED) is 0.586. The molecule has 0 saturated heterocycles. The maximum atomic E-state index is 10.2. The summed E-state index contributed by atoms with van der Waals surface area (Å²) in [4.78, 5) is 0. The standard InChI is InChI=1S/C8H11NO3S/c1-6(12-13(10)11)7-3-2-4-8(9)5-7/h2-6H,9H2,1H3,(H,10,11)/p-1. The van der Waals surface area contributed by atoms with Gasteiger partial charge in [0.05, 0.1) is 17.5 Å². The molecule has 13 heavy (non-hydrogen) atoms. The van der Waals surface area contributed by atoms with E-state index in [0.29, 0.717) is 5.69 Å². The van der Waals surface area contributed by atoms with Gasteiger partial charge in [0.1, 0.15) is 0 Å². The van der Waals surface area contributed by atoms with Gasteiger partial charge in [-0.1, -0.05) is 12.1 Å². The van der Waals surface area contributed by atoms with Gasteiger partial charge in [0.25, 0.3) is 0 Å². The summed E-state index contributed by atoms with van der Waals surface area (Å²) in [6, 6.07) is 6.91. The highest BCUT2D eigenvalue weighted by Crippen LogP contribution is 2.19. The number of hydrogen-bond donors (Lipinski definition) is 1. The fraction of sp³-hybridized carbons (Fsp3) is 0.250. The Labute approximate surface area is 79.2 Å². The smallest absolute Gasteiger partial charge is 0.0959 e. The molecular formula is C8H10NO3S-. The van der Waals surface area contributed by atoms with Crippen LogP contribution in [-0.2, 0) is 15.5 Å². The third-order valence-corrected chi connectivity index (χ3v) is 2.05. The zero-order valence-electron chi connectivity index (χ0n) is 7.10. The van der Waals surface area contributed by atoms with Crippen LogP contribution in [0.1, 0.15) is 18.6 Å². The number of rotatable bonds is 3. The molecule has 0 aliphatic rings. The summed E-state index contributed by atoms with van der Waals surface area (Å²) in [6.45, 7) is 1.64. The molecule has 5 heteroatoms. The molecule has 1 rings (SSSR count). The highest BCUT2D eigenvalue weighted by molar-refractivity contribution is 7.74. The van der Waals surface area contributed by atoms with Gasteiger partial charge in [-0.05, 0) is 24.6 Å². The molecule has 2 unspecified atom stereocenters. The van der Waals surface area contributed by atoms with E-state index < -0.39 is 17.5 Å². The molecule has 0 fully saturated rings. The highest BCUT2D eigenvalue weighted by atomic mass is 32.2. The Morgan fingerprint density at radius 2 is 2.31 bits per heavy atom. The molecule has 2 N–H and O–H groups in total. The van der Waals surface area contributed by atoms with Gasteiger partial charge in [0.15, 0.2) is 0 Å². The lowest BCUT2D eigenvalue weighted by molar-refractivity contribution is 0.223. The SMILES string of the molecule is CC(OS(=O)[O-])c1cccc(N)c1. The van der Waals surface area contributed by atoms with E-state index in [1.165, 1.54) is 0 Å². The van der Waals surface area contributed by atoms with Crippen molar-refractivity contribution in [3.63, 3.8) is 0 Å². The van der Waals surface area contributed by atoms with E-state index in [-0.39, 0.29) is 0 Å². The van der Waals surface area contributed by atoms with E-state index in [1.54, 1.807) is 31.2 Å². The third-order valence-electron chi connectivity index (χ3n) is 1.60. The molecule has 0 bridgehead atoms. The third kappa shape index (κ3) is 3.14. The lowest BCUT2D eigenvalue weighted by atomic mass is 10.1. The maximum Gasteiger partial charge on any atom is 0.0959 e. The Balaban J connectivity index is 2.76. The van der Waals surface area contributed by atoms with Crippen LogP contribution < -0.4 is 5.73 Å². The van der Waals surface area contributed by atoms with Crippen molar-refractivity contribution in [2.75, 3.05) is 5.73 Å². The molecule has 4 nitrogen and oxygen atoms in total. The molecule has 2 atom stereocenters. The minimum absolute atomic E-state index is 0.498. The van der Waals surface area contributed by atoms with Gasteiger partial charge in [0, 0.05) is 5.69 Å². The van der Waals surface area contributed by atoms with E-state index in [9.17, 15) is 8.76 Å². The van der Waals surface area contributed by atoms with Crippen LogP contribution in [0.2, 0.25) is 0 Å². The van der Waals surface area contributed by atoms with Crippen molar-refractivity contribution in [1.82, 2.24) is 0 Å². The Kier molecular flexibility index (Phi) is 3.41. The van der Waals surface area contributed by atoms with Gasteiger partial charge in [-0.2, -0.15) is 0 Å². The predicted molar refractivity (Wildman–Crippen MR) is 49.3 cm³/mol. The number of hydrogen-bond acceptors (Lipinski definition) is 4. The number of anilines is 1. The van der Waals surface area contributed by atoms with Gasteiger partial charge < -0.3 is 10.3 Å². The van der Waals surface area contributed by atoms with E-state index in [4.69, 9.17) is 5.73 Å². The first-order valence-electron chi connectivity index (χ1n) is 3.71. The van der Waals surface area contributed by atoms with Crippen molar-refractivity contribution in [3.8, 4) is 0 Å². The summed E-state index contributed by atoms with van der Waals surface area (Å²) in [5.41, 5.74) is 6.85. The molecule has 0 spiro atoms. The number of benzene rings is 1. The fourth-order valence-electron chi connectivity index (χ4n) is 0.985. The normalized spacial score (nSPS) is 15.2. The highest BCUT2D eigenvalue weighted by Gasteiger charge is 2.05.